The van der Waals surface area contributed by atoms with E-state index in [4.69, 9.17) is 9.47 Å². The zero-order chi connectivity index (χ0) is 15.8. The standard InChI is InChI=1S/C17H18BrNO3/c1-21-14-6-8-15(9-7-14)22-11-10-19-17(20)12-13-4-2-3-5-16(13)18/h2-9H,10-12H2,1H3,(H,19,20). The Morgan fingerprint density at radius 2 is 1.77 bits per heavy atom. The van der Waals surface area contributed by atoms with Crippen LogP contribution in [0, 0.1) is 0 Å². The molecule has 1 amide bonds. The summed E-state index contributed by atoms with van der Waals surface area (Å²) in [7, 11) is 1.62. The van der Waals surface area contributed by atoms with Crippen molar-refractivity contribution in [3.05, 3.63) is 58.6 Å². The summed E-state index contributed by atoms with van der Waals surface area (Å²) in [4.78, 5) is 11.9. The minimum Gasteiger partial charge on any atom is -0.497 e. The molecule has 22 heavy (non-hydrogen) atoms. The Balaban J connectivity index is 1.69. The van der Waals surface area contributed by atoms with E-state index in [1.54, 1.807) is 7.11 Å². The number of rotatable bonds is 7. The van der Waals surface area contributed by atoms with E-state index < -0.39 is 0 Å². The number of carbonyl (C=O) groups is 1. The molecule has 0 unspecified atom stereocenters. The molecule has 0 atom stereocenters. The van der Waals surface area contributed by atoms with Gasteiger partial charge in [-0.2, -0.15) is 0 Å². The maximum Gasteiger partial charge on any atom is 0.224 e. The van der Waals surface area contributed by atoms with Gasteiger partial charge in [0.05, 0.1) is 20.1 Å². The maximum atomic E-state index is 11.9. The van der Waals surface area contributed by atoms with Crippen molar-refractivity contribution >= 4 is 21.8 Å². The maximum absolute atomic E-state index is 11.9. The molecule has 116 valence electrons. The summed E-state index contributed by atoms with van der Waals surface area (Å²) >= 11 is 3.43. The Hall–Kier alpha value is -2.01. The van der Waals surface area contributed by atoms with Gasteiger partial charge < -0.3 is 14.8 Å². The zero-order valence-corrected chi connectivity index (χ0v) is 13.9. The quantitative estimate of drug-likeness (QED) is 0.768. The first kappa shape index (κ1) is 16.4. The number of hydrogen-bond acceptors (Lipinski definition) is 3. The Kier molecular flexibility index (Phi) is 6.27. The van der Waals surface area contributed by atoms with Crippen LogP contribution in [0.25, 0.3) is 0 Å². The van der Waals surface area contributed by atoms with Crippen LogP contribution in [-0.4, -0.2) is 26.2 Å². The molecule has 0 aliphatic carbocycles. The van der Waals surface area contributed by atoms with Crippen LogP contribution in [0.1, 0.15) is 5.56 Å². The Bertz CT molecular complexity index is 614. The summed E-state index contributed by atoms with van der Waals surface area (Å²) in [5.41, 5.74) is 0.969. The van der Waals surface area contributed by atoms with E-state index in [0.29, 0.717) is 19.6 Å². The molecule has 2 rings (SSSR count). The van der Waals surface area contributed by atoms with Gasteiger partial charge in [0.15, 0.2) is 0 Å². The topological polar surface area (TPSA) is 47.6 Å². The van der Waals surface area contributed by atoms with Gasteiger partial charge in [0.2, 0.25) is 5.91 Å². The molecule has 2 aromatic rings. The molecule has 5 heteroatoms. The highest BCUT2D eigenvalue weighted by Crippen LogP contribution is 2.17. The first-order valence-corrected chi connectivity index (χ1v) is 7.75. The van der Waals surface area contributed by atoms with Gasteiger partial charge in [0.1, 0.15) is 18.1 Å². The molecule has 4 nitrogen and oxygen atoms in total. The van der Waals surface area contributed by atoms with E-state index in [0.717, 1.165) is 21.5 Å². The number of hydrogen-bond donors (Lipinski definition) is 1. The van der Waals surface area contributed by atoms with E-state index in [1.807, 2.05) is 48.5 Å². The van der Waals surface area contributed by atoms with E-state index in [-0.39, 0.29) is 5.91 Å². The molecule has 0 aliphatic rings. The van der Waals surface area contributed by atoms with Crippen molar-refractivity contribution in [2.75, 3.05) is 20.3 Å². The average Bonchev–Trinajstić information content (AvgIpc) is 2.54. The molecule has 0 aromatic heterocycles. The van der Waals surface area contributed by atoms with Gasteiger partial charge in [-0.1, -0.05) is 34.1 Å². The fraction of sp³-hybridized carbons (Fsp3) is 0.235. The lowest BCUT2D eigenvalue weighted by atomic mass is 10.1. The first-order chi connectivity index (χ1) is 10.7. The number of benzene rings is 2. The zero-order valence-electron chi connectivity index (χ0n) is 12.3. The molecular weight excluding hydrogens is 346 g/mol. The third kappa shape index (κ3) is 5.07. The molecular formula is C17H18BrNO3. The second-order valence-electron chi connectivity index (χ2n) is 4.64. The highest BCUT2D eigenvalue weighted by atomic mass is 79.9. The number of nitrogens with one attached hydrogen (secondary N) is 1. The van der Waals surface area contributed by atoms with Crippen molar-refractivity contribution in [3.8, 4) is 11.5 Å². The minimum atomic E-state index is -0.0229. The number of carbonyl (C=O) groups excluding carboxylic acids is 1. The number of amides is 1. The molecule has 0 saturated heterocycles. The molecule has 0 spiro atoms. The lowest BCUT2D eigenvalue weighted by Crippen LogP contribution is -2.29. The van der Waals surface area contributed by atoms with E-state index in [1.165, 1.54) is 0 Å². The second-order valence-corrected chi connectivity index (χ2v) is 5.50. The number of ether oxygens (including phenoxy) is 2. The van der Waals surface area contributed by atoms with E-state index in [2.05, 4.69) is 21.2 Å². The van der Waals surface area contributed by atoms with Gasteiger partial charge in [0, 0.05) is 4.47 Å². The first-order valence-electron chi connectivity index (χ1n) is 6.96. The molecule has 0 saturated carbocycles. The van der Waals surface area contributed by atoms with Crippen LogP contribution in [-0.2, 0) is 11.2 Å². The smallest absolute Gasteiger partial charge is 0.224 e. The highest BCUT2D eigenvalue weighted by molar-refractivity contribution is 9.10. The average molecular weight is 364 g/mol. The molecule has 1 N–H and O–H groups in total. The summed E-state index contributed by atoms with van der Waals surface area (Å²) in [5, 5.41) is 2.84. The van der Waals surface area contributed by atoms with E-state index in [9.17, 15) is 4.79 Å². The summed E-state index contributed by atoms with van der Waals surface area (Å²) in [6, 6.07) is 15.0. The fourth-order valence-electron chi connectivity index (χ4n) is 1.91. The summed E-state index contributed by atoms with van der Waals surface area (Å²) in [6.07, 6.45) is 0.351. The summed E-state index contributed by atoms with van der Waals surface area (Å²) < 4.78 is 11.6. The second kappa shape index (κ2) is 8.44. The molecule has 0 fully saturated rings. The molecule has 0 aliphatic heterocycles. The summed E-state index contributed by atoms with van der Waals surface area (Å²) in [6.45, 7) is 0.892. The van der Waals surface area contributed by atoms with Crippen molar-refractivity contribution in [1.29, 1.82) is 0 Å². The van der Waals surface area contributed by atoms with E-state index >= 15 is 0 Å². The molecule has 2 aromatic carbocycles. The Labute approximate surface area is 138 Å². The minimum absolute atomic E-state index is 0.0229. The van der Waals surface area contributed by atoms with Crippen LogP contribution in [0.2, 0.25) is 0 Å². The lowest BCUT2D eigenvalue weighted by Gasteiger charge is -2.09. The monoisotopic (exact) mass is 363 g/mol. The largest absolute Gasteiger partial charge is 0.497 e. The van der Waals surface area contributed by atoms with Crippen molar-refractivity contribution < 1.29 is 14.3 Å². The number of halogens is 1. The summed E-state index contributed by atoms with van der Waals surface area (Å²) in [5.74, 6) is 1.51. The van der Waals surface area contributed by atoms with Crippen molar-refractivity contribution in [3.63, 3.8) is 0 Å². The lowest BCUT2D eigenvalue weighted by molar-refractivity contribution is -0.120. The van der Waals surface area contributed by atoms with Gasteiger partial charge in [-0.25, -0.2) is 0 Å². The van der Waals surface area contributed by atoms with Gasteiger partial charge in [-0.15, -0.1) is 0 Å². The highest BCUT2D eigenvalue weighted by Gasteiger charge is 2.05. The van der Waals surface area contributed by atoms with Crippen LogP contribution in [0.15, 0.2) is 53.0 Å². The number of methoxy groups -OCH3 is 1. The molecule has 0 bridgehead atoms. The van der Waals surface area contributed by atoms with Gasteiger partial charge >= 0.3 is 0 Å². The SMILES string of the molecule is COc1ccc(OCCNC(=O)Cc2ccccc2Br)cc1. The van der Waals surface area contributed by atoms with Gasteiger partial charge in [-0.3, -0.25) is 4.79 Å². The Morgan fingerprint density at radius 3 is 2.45 bits per heavy atom. The van der Waals surface area contributed by atoms with Crippen molar-refractivity contribution in [2.45, 2.75) is 6.42 Å². The molecule has 0 radical (unpaired) electrons. The third-order valence-corrected chi connectivity index (χ3v) is 3.83. The van der Waals surface area contributed by atoms with Crippen LogP contribution in [0.5, 0.6) is 11.5 Å². The fourth-order valence-corrected chi connectivity index (χ4v) is 2.33. The Morgan fingerprint density at radius 1 is 1.09 bits per heavy atom. The molecule has 0 heterocycles. The van der Waals surface area contributed by atoms with Gasteiger partial charge in [0.25, 0.3) is 0 Å². The van der Waals surface area contributed by atoms with Crippen LogP contribution >= 0.6 is 15.9 Å². The third-order valence-electron chi connectivity index (χ3n) is 3.06. The van der Waals surface area contributed by atoms with Crippen LogP contribution < -0.4 is 14.8 Å². The van der Waals surface area contributed by atoms with Crippen LogP contribution in [0.3, 0.4) is 0 Å². The predicted octanol–water partition coefficient (Wildman–Crippen LogP) is 3.20. The normalized spacial score (nSPS) is 10.1. The van der Waals surface area contributed by atoms with Crippen molar-refractivity contribution in [1.82, 2.24) is 5.32 Å². The van der Waals surface area contributed by atoms with Crippen LogP contribution in [0.4, 0.5) is 0 Å². The van der Waals surface area contributed by atoms with Crippen molar-refractivity contribution in [2.24, 2.45) is 0 Å². The predicted molar refractivity (Wildman–Crippen MR) is 89.3 cm³/mol. The van der Waals surface area contributed by atoms with Gasteiger partial charge in [-0.05, 0) is 35.9 Å².